The molecule has 0 saturated carbocycles. The summed E-state index contributed by atoms with van der Waals surface area (Å²) in [5.41, 5.74) is 3.55. The topological polar surface area (TPSA) is 134 Å². The van der Waals surface area contributed by atoms with E-state index in [1.165, 1.54) is 6.07 Å². The first-order chi connectivity index (χ1) is 17.3. The number of aromatic hydroxyl groups is 2. The first kappa shape index (κ1) is 22.3. The molecule has 0 bridgehead atoms. The van der Waals surface area contributed by atoms with Crippen LogP contribution >= 0.6 is 12.0 Å². The second-order valence-corrected chi connectivity index (χ2v) is 11.7. The van der Waals surface area contributed by atoms with Gasteiger partial charge in [0.1, 0.15) is 16.4 Å². The van der Waals surface area contributed by atoms with E-state index in [9.17, 15) is 23.2 Å². The fraction of sp³-hybridized carbons (Fsp3) is 0.231. The van der Waals surface area contributed by atoms with E-state index in [-0.39, 0.29) is 21.8 Å². The smallest absolute Gasteiger partial charge is 0.295 e. The van der Waals surface area contributed by atoms with E-state index in [2.05, 4.69) is 5.04 Å². The van der Waals surface area contributed by atoms with E-state index in [1.54, 1.807) is 12.1 Å². The first-order valence-corrected chi connectivity index (χ1v) is 13.8. The largest absolute Gasteiger partial charge is 0.507 e. The van der Waals surface area contributed by atoms with Crippen LogP contribution in [-0.4, -0.2) is 28.4 Å². The average Bonchev–Trinajstić information content (AvgIpc) is 2.84. The van der Waals surface area contributed by atoms with E-state index in [0.29, 0.717) is 44.7 Å². The fourth-order valence-electron chi connectivity index (χ4n) is 6.58. The van der Waals surface area contributed by atoms with E-state index in [1.807, 2.05) is 6.07 Å². The Kier molecular flexibility index (Phi) is 4.70. The van der Waals surface area contributed by atoms with Crippen LogP contribution in [0.3, 0.4) is 0 Å². The van der Waals surface area contributed by atoms with Gasteiger partial charge in [0.05, 0.1) is 12.0 Å². The molecule has 0 fully saturated rings. The molecule has 0 heterocycles. The summed E-state index contributed by atoms with van der Waals surface area (Å²) in [4.78, 5) is 0.253. The van der Waals surface area contributed by atoms with Crippen molar-refractivity contribution < 1.29 is 37.8 Å². The summed E-state index contributed by atoms with van der Waals surface area (Å²) in [7, 11) is -4.68. The highest BCUT2D eigenvalue weighted by Crippen LogP contribution is 2.54. The highest BCUT2D eigenvalue weighted by atomic mass is 32.2. The van der Waals surface area contributed by atoms with Crippen LogP contribution in [0.1, 0.15) is 35.1 Å². The molecule has 10 heteroatoms. The van der Waals surface area contributed by atoms with Crippen molar-refractivity contribution in [1.82, 2.24) is 0 Å². The van der Waals surface area contributed by atoms with Gasteiger partial charge in [0.2, 0.25) is 0 Å². The number of hydrogen-bond acceptors (Lipinski definition) is 8. The summed E-state index contributed by atoms with van der Waals surface area (Å²) in [6.07, 6.45) is 4.44. The summed E-state index contributed by atoms with van der Waals surface area (Å²) in [5, 5.41) is 39.7. The van der Waals surface area contributed by atoms with Gasteiger partial charge in [0, 0.05) is 37.2 Å². The highest BCUT2D eigenvalue weighted by molar-refractivity contribution is 7.94. The second kappa shape index (κ2) is 7.58. The Morgan fingerprint density at radius 3 is 1.72 bits per heavy atom. The Morgan fingerprint density at radius 1 is 0.667 bits per heavy atom. The van der Waals surface area contributed by atoms with Gasteiger partial charge in [0.15, 0.2) is 0 Å². The third kappa shape index (κ3) is 2.88. The van der Waals surface area contributed by atoms with Crippen LogP contribution in [0, 0.1) is 0 Å². The van der Waals surface area contributed by atoms with Gasteiger partial charge < -0.3 is 10.2 Å². The Morgan fingerprint density at radius 2 is 1.17 bits per heavy atom. The Bertz CT molecular complexity index is 1880. The average molecular weight is 525 g/mol. The predicted molar refractivity (Wildman–Crippen MR) is 136 cm³/mol. The normalized spacial score (nSPS) is 15.6. The number of phenols is 2. The molecule has 0 saturated heterocycles. The highest BCUT2D eigenvalue weighted by Gasteiger charge is 2.31. The molecule has 4 N–H and O–H groups in total. The lowest BCUT2D eigenvalue weighted by Crippen LogP contribution is -2.09. The summed E-state index contributed by atoms with van der Waals surface area (Å²) in [6.45, 7) is 0. The van der Waals surface area contributed by atoms with Crippen molar-refractivity contribution in [3.8, 4) is 11.5 Å². The first-order valence-electron chi connectivity index (χ1n) is 11.6. The molecule has 0 amide bonds. The maximum Gasteiger partial charge on any atom is 0.295 e. The molecule has 7 rings (SSSR count). The third-order valence-electron chi connectivity index (χ3n) is 7.74. The van der Waals surface area contributed by atoms with Crippen LogP contribution in [0.4, 0.5) is 0 Å². The van der Waals surface area contributed by atoms with Gasteiger partial charge in [-0.1, -0.05) is 5.04 Å². The molecule has 0 radical (unpaired) electrons. The van der Waals surface area contributed by atoms with E-state index >= 15 is 0 Å². The van der Waals surface area contributed by atoms with Gasteiger partial charge in [-0.25, -0.2) is 5.26 Å². The Hall–Kier alpha value is -2.86. The minimum absolute atomic E-state index is 0.0347. The van der Waals surface area contributed by atoms with Gasteiger partial charge in [-0.2, -0.15) is 8.42 Å². The number of fused-ring (bicyclic) bond motifs is 2. The summed E-state index contributed by atoms with van der Waals surface area (Å²) in [5.74, 6) is -0.132. The van der Waals surface area contributed by atoms with Crippen molar-refractivity contribution in [2.45, 2.75) is 48.3 Å². The standard InChI is InChI=1S/C26H20O8S2/c27-15-7-12-4-2-6-14-10-18(36(30,31)32)24-22-16(28)8-11-3-1-5-13-9-17(35-34-33-29)23(25(22)19(11)13)21(15)26(24)20(12)14/h7-10,27-29H,1-6H2,(H,30,31,32). The van der Waals surface area contributed by atoms with E-state index < -0.39 is 10.1 Å². The lowest BCUT2D eigenvalue weighted by Gasteiger charge is -2.27. The van der Waals surface area contributed by atoms with Crippen LogP contribution in [0.5, 0.6) is 11.5 Å². The van der Waals surface area contributed by atoms with Crippen LogP contribution in [-0.2, 0) is 45.2 Å². The van der Waals surface area contributed by atoms with E-state index in [0.717, 1.165) is 70.8 Å². The van der Waals surface area contributed by atoms with Gasteiger partial charge in [-0.05, 0) is 95.8 Å². The van der Waals surface area contributed by atoms with Gasteiger partial charge in [0.25, 0.3) is 10.1 Å². The monoisotopic (exact) mass is 524 g/mol. The molecule has 2 aliphatic carbocycles. The molecular weight excluding hydrogens is 504 g/mol. The second-order valence-electron chi connectivity index (χ2n) is 9.59. The Labute approximate surface area is 209 Å². The number of benzene rings is 5. The lowest BCUT2D eigenvalue weighted by atomic mass is 9.79. The van der Waals surface area contributed by atoms with Crippen molar-refractivity contribution >= 4 is 65.3 Å². The maximum atomic E-state index is 12.7. The molecule has 0 atom stereocenters. The quantitative estimate of drug-likeness (QED) is 0.0575. The van der Waals surface area contributed by atoms with Crippen molar-refractivity contribution in [3.63, 3.8) is 0 Å². The SMILES string of the molecule is O=S(=O)(O)c1cc2c3c(cc(O)c4c5c(SOOO)cc6c7c(cc(O)c(c1c34)c75)CCC6)CCC2. The Balaban J connectivity index is 1.88. The van der Waals surface area contributed by atoms with Gasteiger partial charge >= 0.3 is 0 Å². The van der Waals surface area contributed by atoms with Crippen LogP contribution in [0.15, 0.2) is 34.1 Å². The van der Waals surface area contributed by atoms with Gasteiger partial charge in [-0.15, -0.1) is 4.33 Å². The predicted octanol–water partition coefficient (Wildman–Crippen LogP) is 5.80. The minimum Gasteiger partial charge on any atom is -0.507 e. The van der Waals surface area contributed by atoms with Gasteiger partial charge in [-0.3, -0.25) is 4.55 Å². The molecule has 5 aromatic rings. The summed E-state index contributed by atoms with van der Waals surface area (Å²) < 4.78 is 40.7. The number of aryl methyl sites for hydroxylation is 4. The molecule has 5 aromatic carbocycles. The molecule has 184 valence electrons. The molecular formula is C26H20O8S2. The molecule has 0 unspecified atom stereocenters. The fourth-order valence-corrected chi connectivity index (χ4v) is 7.92. The molecule has 36 heavy (non-hydrogen) atoms. The number of hydrogen-bond donors (Lipinski definition) is 4. The van der Waals surface area contributed by atoms with Crippen LogP contribution < -0.4 is 0 Å². The molecule has 0 aliphatic heterocycles. The van der Waals surface area contributed by atoms with Crippen LogP contribution in [0.25, 0.3) is 43.1 Å². The summed E-state index contributed by atoms with van der Waals surface area (Å²) >= 11 is 0.767. The van der Waals surface area contributed by atoms with Crippen molar-refractivity contribution in [2.75, 3.05) is 0 Å². The molecule has 2 aliphatic rings. The zero-order valence-electron chi connectivity index (χ0n) is 18.8. The minimum atomic E-state index is -4.68. The lowest BCUT2D eigenvalue weighted by molar-refractivity contribution is -0.432. The van der Waals surface area contributed by atoms with Crippen molar-refractivity contribution in [2.24, 2.45) is 0 Å². The summed E-state index contributed by atoms with van der Waals surface area (Å²) in [6, 6.07) is 6.83. The zero-order valence-corrected chi connectivity index (χ0v) is 20.4. The van der Waals surface area contributed by atoms with Crippen molar-refractivity contribution in [3.05, 3.63) is 46.5 Å². The molecule has 0 spiro atoms. The van der Waals surface area contributed by atoms with Crippen molar-refractivity contribution in [1.29, 1.82) is 0 Å². The molecule has 8 nitrogen and oxygen atoms in total. The molecule has 0 aromatic heterocycles. The number of rotatable bonds is 4. The zero-order chi connectivity index (χ0) is 24.9. The van der Waals surface area contributed by atoms with Crippen LogP contribution in [0.2, 0.25) is 0 Å². The number of phenolic OH excluding ortho intramolecular Hbond substituents is 2. The maximum absolute atomic E-state index is 12.7. The third-order valence-corrected chi connectivity index (χ3v) is 9.25. The van der Waals surface area contributed by atoms with E-state index in [4.69, 9.17) is 9.59 Å².